The van der Waals surface area contributed by atoms with Gasteiger partial charge < -0.3 is 15.2 Å². The van der Waals surface area contributed by atoms with Gasteiger partial charge in [0.15, 0.2) is 16.9 Å². The molecule has 0 unspecified atom stereocenters. The molecule has 3 aromatic heterocycles. The minimum absolute atomic E-state index is 0.0235. The summed E-state index contributed by atoms with van der Waals surface area (Å²) in [6.45, 7) is -0.236. The summed E-state index contributed by atoms with van der Waals surface area (Å²) in [5, 5.41) is 28.2. The number of H-pyrrole nitrogens is 2. The van der Waals surface area contributed by atoms with Gasteiger partial charge in [0.1, 0.15) is 0 Å². The number of hydrogen-bond donors (Lipinski definition) is 4. The molecule has 0 spiro atoms. The van der Waals surface area contributed by atoms with Crippen molar-refractivity contribution in [3.63, 3.8) is 0 Å². The van der Waals surface area contributed by atoms with Crippen molar-refractivity contribution in [3.05, 3.63) is 45.1 Å². The molecule has 4 N–H and O–H groups in total. The fourth-order valence-corrected chi connectivity index (χ4v) is 2.92. The number of aliphatic hydroxyl groups excluding tert-OH is 1. The average Bonchev–Trinajstić information content (AvgIpc) is 3.16. The van der Waals surface area contributed by atoms with E-state index in [-0.39, 0.29) is 41.8 Å². The van der Waals surface area contributed by atoms with Crippen LogP contribution >= 0.6 is 0 Å². The molecule has 0 bridgehead atoms. The van der Waals surface area contributed by atoms with Crippen molar-refractivity contribution >= 4 is 33.7 Å². The fraction of sp³-hybridized carbons (Fsp3) is 0.188. The van der Waals surface area contributed by atoms with Crippen LogP contribution in [-0.4, -0.2) is 40.9 Å². The average molecular weight is 369 g/mol. The van der Waals surface area contributed by atoms with E-state index in [1.54, 1.807) is 18.2 Å². The van der Waals surface area contributed by atoms with Crippen LogP contribution in [-0.2, 0) is 13.6 Å². The first-order valence-electron chi connectivity index (χ1n) is 8.03. The number of para-hydroxylation sites is 1. The summed E-state index contributed by atoms with van der Waals surface area (Å²) >= 11 is 0. The Morgan fingerprint density at radius 3 is 2.74 bits per heavy atom. The summed E-state index contributed by atoms with van der Waals surface area (Å²) in [7, 11) is 1.46. The molecule has 11 nitrogen and oxygen atoms in total. The minimum atomic E-state index is -0.634. The highest BCUT2D eigenvalue weighted by Crippen LogP contribution is 2.36. The van der Waals surface area contributed by atoms with Crippen molar-refractivity contribution in [2.45, 2.75) is 6.54 Å². The van der Waals surface area contributed by atoms with E-state index in [0.29, 0.717) is 10.9 Å². The van der Waals surface area contributed by atoms with Crippen LogP contribution in [0.5, 0.6) is 5.88 Å². The number of aromatic amines is 2. The van der Waals surface area contributed by atoms with Crippen molar-refractivity contribution < 1.29 is 10.2 Å². The van der Waals surface area contributed by atoms with Crippen LogP contribution in [0.25, 0.3) is 22.1 Å². The number of aromatic hydroxyl groups is 1. The lowest BCUT2D eigenvalue weighted by Crippen LogP contribution is -2.29. The van der Waals surface area contributed by atoms with Crippen molar-refractivity contribution in [3.8, 4) is 5.88 Å². The highest BCUT2D eigenvalue weighted by Gasteiger charge is 2.17. The lowest BCUT2D eigenvalue weighted by atomic mass is 10.2. The minimum Gasteiger partial charge on any atom is -0.493 e. The predicted octanol–water partition coefficient (Wildman–Crippen LogP) is 1.02. The van der Waals surface area contributed by atoms with Gasteiger partial charge in [0.25, 0.3) is 11.5 Å². The van der Waals surface area contributed by atoms with Gasteiger partial charge in [0.05, 0.1) is 12.1 Å². The van der Waals surface area contributed by atoms with E-state index in [2.05, 4.69) is 25.2 Å². The monoisotopic (exact) mass is 369 g/mol. The maximum Gasteiger partial charge on any atom is 0.329 e. The molecular weight excluding hydrogens is 354 g/mol. The molecule has 3 heterocycles. The molecule has 0 saturated heterocycles. The van der Waals surface area contributed by atoms with E-state index in [0.717, 1.165) is 0 Å². The van der Waals surface area contributed by atoms with Gasteiger partial charge in [-0.15, -0.1) is 10.2 Å². The van der Waals surface area contributed by atoms with E-state index >= 15 is 0 Å². The summed E-state index contributed by atoms with van der Waals surface area (Å²) < 4.78 is 2.54. The Kier molecular flexibility index (Phi) is 3.85. The zero-order valence-corrected chi connectivity index (χ0v) is 14.2. The first-order valence-corrected chi connectivity index (χ1v) is 8.03. The quantitative estimate of drug-likeness (QED) is 0.395. The molecule has 0 radical (unpaired) electrons. The second kappa shape index (κ2) is 6.21. The Balaban J connectivity index is 1.92. The Bertz CT molecular complexity index is 1310. The first kappa shape index (κ1) is 16.7. The molecule has 0 aliphatic rings. The lowest BCUT2D eigenvalue weighted by Gasteiger charge is -2.02. The van der Waals surface area contributed by atoms with Crippen LogP contribution in [0.3, 0.4) is 0 Å². The summed E-state index contributed by atoms with van der Waals surface area (Å²) in [5.41, 5.74) is -0.121. The molecule has 27 heavy (non-hydrogen) atoms. The highest BCUT2D eigenvalue weighted by molar-refractivity contribution is 5.94. The van der Waals surface area contributed by atoms with Gasteiger partial charge in [-0.2, -0.15) is 4.98 Å². The van der Waals surface area contributed by atoms with Crippen LogP contribution in [0.4, 0.5) is 11.6 Å². The normalized spacial score (nSPS) is 11.9. The van der Waals surface area contributed by atoms with E-state index < -0.39 is 11.2 Å². The third-order valence-corrected chi connectivity index (χ3v) is 4.21. The molecule has 0 atom stereocenters. The smallest absolute Gasteiger partial charge is 0.329 e. The van der Waals surface area contributed by atoms with E-state index in [1.165, 1.54) is 16.2 Å². The maximum absolute atomic E-state index is 12.2. The highest BCUT2D eigenvalue weighted by atomic mass is 16.3. The largest absolute Gasteiger partial charge is 0.493 e. The van der Waals surface area contributed by atoms with Gasteiger partial charge in [-0.1, -0.05) is 18.2 Å². The van der Waals surface area contributed by atoms with Crippen LogP contribution in [0.15, 0.2) is 44.1 Å². The van der Waals surface area contributed by atoms with Crippen LogP contribution in [0.1, 0.15) is 0 Å². The lowest BCUT2D eigenvalue weighted by molar-refractivity contribution is 0.278. The van der Waals surface area contributed by atoms with Gasteiger partial charge >= 0.3 is 5.69 Å². The third kappa shape index (κ3) is 2.60. The Morgan fingerprint density at radius 2 is 1.96 bits per heavy atom. The Hall–Kier alpha value is -3.73. The van der Waals surface area contributed by atoms with E-state index in [4.69, 9.17) is 0 Å². The topological polar surface area (TPSA) is 154 Å². The summed E-state index contributed by atoms with van der Waals surface area (Å²) in [6, 6.07) is 7.16. The predicted molar refractivity (Wildman–Crippen MR) is 96.8 cm³/mol. The van der Waals surface area contributed by atoms with Crippen molar-refractivity contribution in [1.82, 2.24) is 24.1 Å². The zero-order chi connectivity index (χ0) is 19.1. The molecule has 1 aromatic carbocycles. The van der Waals surface area contributed by atoms with Gasteiger partial charge in [-0.05, 0) is 6.07 Å². The molecule has 4 rings (SSSR count). The van der Waals surface area contributed by atoms with Crippen LogP contribution in [0, 0.1) is 0 Å². The van der Waals surface area contributed by atoms with Gasteiger partial charge in [0.2, 0.25) is 5.88 Å². The number of hydrogen-bond acceptors (Lipinski definition) is 7. The Morgan fingerprint density at radius 1 is 1.19 bits per heavy atom. The number of nitrogens with zero attached hydrogens (tertiary/aromatic N) is 5. The number of benzene rings is 1. The number of imidazole rings is 1. The molecule has 138 valence electrons. The van der Waals surface area contributed by atoms with Crippen LogP contribution in [0.2, 0.25) is 0 Å². The second-order valence-electron chi connectivity index (χ2n) is 5.85. The SMILES string of the molecule is Cn1c(=O)[nH]c(=O)c2c1nc(N=Nc1c(O)[nH]c3ccccc13)n2CCO. The summed E-state index contributed by atoms with van der Waals surface area (Å²) in [4.78, 5) is 33.2. The van der Waals surface area contributed by atoms with Gasteiger partial charge in [0, 0.05) is 19.0 Å². The standard InChI is InChI=1S/C16H15N7O4/c1-22-12-11(14(26)19-16(22)27)23(6-7-24)15(18-12)21-20-10-8-4-2-3-5-9(8)17-13(10)25/h2-5,17,24-25H,6-7H2,1H3,(H,19,26,27). The zero-order valence-electron chi connectivity index (χ0n) is 14.2. The van der Waals surface area contributed by atoms with Gasteiger partial charge in [-0.25, -0.2) is 4.79 Å². The summed E-state index contributed by atoms with van der Waals surface area (Å²) in [5.74, 6) is -0.134. The molecule has 0 fully saturated rings. The molecular formula is C16H15N7O4. The fourth-order valence-electron chi connectivity index (χ4n) is 2.92. The van der Waals surface area contributed by atoms with E-state index in [1.807, 2.05) is 6.07 Å². The number of aromatic nitrogens is 5. The molecule has 4 aromatic rings. The first-order chi connectivity index (χ1) is 13.0. The molecule has 0 saturated carbocycles. The Labute approximate surface area is 150 Å². The number of aliphatic hydroxyl groups is 1. The van der Waals surface area contributed by atoms with Crippen molar-refractivity contribution in [2.75, 3.05) is 6.61 Å². The van der Waals surface area contributed by atoms with Gasteiger partial charge in [-0.3, -0.25) is 18.9 Å². The molecule has 0 amide bonds. The van der Waals surface area contributed by atoms with E-state index in [9.17, 15) is 19.8 Å². The molecule has 0 aliphatic carbocycles. The van der Waals surface area contributed by atoms with Crippen molar-refractivity contribution in [1.29, 1.82) is 0 Å². The second-order valence-corrected chi connectivity index (χ2v) is 5.85. The van der Waals surface area contributed by atoms with Crippen LogP contribution < -0.4 is 11.2 Å². The number of rotatable bonds is 4. The number of fused-ring (bicyclic) bond motifs is 2. The number of nitrogens with one attached hydrogen (secondary N) is 2. The third-order valence-electron chi connectivity index (χ3n) is 4.21. The molecule has 0 aliphatic heterocycles. The van der Waals surface area contributed by atoms with Crippen molar-refractivity contribution in [2.24, 2.45) is 17.3 Å². The number of aryl methyl sites for hydroxylation is 1. The number of azo groups is 1. The molecule has 11 heteroatoms. The maximum atomic E-state index is 12.2. The summed E-state index contributed by atoms with van der Waals surface area (Å²) in [6.07, 6.45) is 0.